The Morgan fingerprint density at radius 3 is 2.67 bits per heavy atom. The number of carbonyl (C=O) groups excluding carboxylic acids is 1. The summed E-state index contributed by atoms with van der Waals surface area (Å²) in [5.41, 5.74) is 8.77. The summed E-state index contributed by atoms with van der Waals surface area (Å²) in [6.07, 6.45) is 2.25. The summed E-state index contributed by atoms with van der Waals surface area (Å²) in [6.45, 7) is 4.20. The van der Waals surface area contributed by atoms with Crippen molar-refractivity contribution in [1.29, 1.82) is 0 Å². The molecule has 0 spiro atoms. The van der Waals surface area contributed by atoms with E-state index in [-0.39, 0.29) is 5.91 Å². The third-order valence-corrected chi connectivity index (χ3v) is 3.43. The molecule has 0 saturated carbocycles. The number of hydrogen-bond acceptors (Lipinski definition) is 3. The van der Waals surface area contributed by atoms with Gasteiger partial charge in [-0.2, -0.15) is 0 Å². The Labute approximate surface area is 108 Å². The van der Waals surface area contributed by atoms with Gasteiger partial charge in [-0.05, 0) is 37.5 Å². The van der Waals surface area contributed by atoms with E-state index in [4.69, 9.17) is 5.73 Å². The Kier molecular flexibility index (Phi) is 3.75. The van der Waals surface area contributed by atoms with Gasteiger partial charge in [0, 0.05) is 20.1 Å². The molecular formula is C14H21N3O. The van der Waals surface area contributed by atoms with Crippen molar-refractivity contribution in [2.24, 2.45) is 0 Å². The predicted octanol–water partition coefficient (Wildman–Crippen LogP) is 1.64. The van der Waals surface area contributed by atoms with E-state index >= 15 is 0 Å². The van der Waals surface area contributed by atoms with Gasteiger partial charge in [0.2, 0.25) is 5.91 Å². The topological polar surface area (TPSA) is 49.6 Å². The Morgan fingerprint density at radius 2 is 2.06 bits per heavy atom. The second-order valence-electron chi connectivity index (χ2n) is 5.01. The lowest BCUT2D eigenvalue weighted by atomic mass is 10.2. The molecule has 1 heterocycles. The van der Waals surface area contributed by atoms with Gasteiger partial charge in [-0.1, -0.05) is 6.07 Å². The van der Waals surface area contributed by atoms with E-state index in [1.807, 2.05) is 42.0 Å². The molecule has 0 atom stereocenters. The van der Waals surface area contributed by atoms with Crippen LogP contribution >= 0.6 is 0 Å². The summed E-state index contributed by atoms with van der Waals surface area (Å²) in [4.78, 5) is 15.9. The van der Waals surface area contributed by atoms with Gasteiger partial charge < -0.3 is 15.5 Å². The van der Waals surface area contributed by atoms with Crippen LogP contribution in [0, 0.1) is 6.92 Å². The molecule has 4 nitrogen and oxygen atoms in total. The fourth-order valence-electron chi connectivity index (χ4n) is 2.38. The summed E-state index contributed by atoms with van der Waals surface area (Å²) in [5, 5.41) is 0. The molecule has 1 saturated heterocycles. The van der Waals surface area contributed by atoms with Crippen molar-refractivity contribution >= 4 is 17.3 Å². The van der Waals surface area contributed by atoms with Crippen molar-refractivity contribution in [1.82, 2.24) is 4.90 Å². The van der Waals surface area contributed by atoms with Crippen LogP contribution in [0.2, 0.25) is 0 Å². The fraction of sp³-hybridized carbons (Fsp3) is 0.500. The van der Waals surface area contributed by atoms with E-state index in [0.29, 0.717) is 6.54 Å². The van der Waals surface area contributed by atoms with E-state index in [0.717, 1.165) is 42.9 Å². The van der Waals surface area contributed by atoms with Crippen LogP contribution in [0.4, 0.5) is 11.4 Å². The average molecular weight is 247 g/mol. The quantitative estimate of drug-likeness (QED) is 0.826. The maximum Gasteiger partial charge on any atom is 0.242 e. The predicted molar refractivity (Wildman–Crippen MR) is 74.7 cm³/mol. The van der Waals surface area contributed by atoms with Gasteiger partial charge in [0.05, 0.1) is 17.9 Å². The molecule has 2 N–H and O–H groups in total. The van der Waals surface area contributed by atoms with Gasteiger partial charge in [-0.25, -0.2) is 0 Å². The molecule has 1 aliphatic rings. The molecule has 4 heteroatoms. The van der Waals surface area contributed by atoms with Gasteiger partial charge in [0.25, 0.3) is 0 Å². The van der Waals surface area contributed by atoms with Gasteiger partial charge in [0.15, 0.2) is 0 Å². The van der Waals surface area contributed by atoms with Crippen LogP contribution in [0.15, 0.2) is 18.2 Å². The van der Waals surface area contributed by atoms with Crippen LogP contribution in [-0.4, -0.2) is 37.5 Å². The summed E-state index contributed by atoms with van der Waals surface area (Å²) in [5.74, 6) is 0.190. The van der Waals surface area contributed by atoms with E-state index < -0.39 is 0 Å². The first-order chi connectivity index (χ1) is 8.58. The molecular weight excluding hydrogens is 226 g/mol. The molecule has 1 amide bonds. The SMILES string of the molecule is Cc1ccc(N(C)CC(=O)N2CCCC2)c(N)c1. The van der Waals surface area contributed by atoms with E-state index in [1.165, 1.54) is 0 Å². The average Bonchev–Trinajstić information content (AvgIpc) is 2.81. The molecule has 0 aromatic heterocycles. The maximum absolute atomic E-state index is 12.1. The highest BCUT2D eigenvalue weighted by molar-refractivity contribution is 5.83. The second kappa shape index (κ2) is 5.29. The van der Waals surface area contributed by atoms with Gasteiger partial charge in [-0.3, -0.25) is 4.79 Å². The molecule has 1 fully saturated rings. The number of likely N-dealkylation sites (N-methyl/N-ethyl adjacent to an activating group) is 1. The Bertz CT molecular complexity index is 439. The lowest BCUT2D eigenvalue weighted by Gasteiger charge is -2.24. The smallest absolute Gasteiger partial charge is 0.242 e. The number of carbonyl (C=O) groups is 1. The van der Waals surface area contributed by atoms with Crippen molar-refractivity contribution in [2.45, 2.75) is 19.8 Å². The number of hydrogen-bond donors (Lipinski definition) is 1. The van der Waals surface area contributed by atoms with E-state index in [9.17, 15) is 4.79 Å². The minimum atomic E-state index is 0.190. The van der Waals surface area contributed by atoms with Gasteiger partial charge in [-0.15, -0.1) is 0 Å². The molecule has 1 aliphatic heterocycles. The normalized spacial score (nSPS) is 14.9. The molecule has 2 rings (SSSR count). The van der Waals surface area contributed by atoms with Crippen molar-refractivity contribution in [3.05, 3.63) is 23.8 Å². The van der Waals surface area contributed by atoms with Gasteiger partial charge >= 0.3 is 0 Å². The van der Waals surface area contributed by atoms with Crippen LogP contribution in [-0.2, 0) is 4.79 Å². The van der Waals surface area contributed by atoms with Gasteiger partial charge in [0.1, 0.15) is 0 Å². The third-order valence-electron chi connectivity index (χ3n) is 3.43. The number of benzene rings is 1. The zero-order chi connectivity index (χ0) is 13.1. The molecule has 1 aromatic rings. The summed E-state index contributed by atoms with van der Waals surface area (Å²) in [6, 6.07) is 5.93. The highest BCUT2D eigenvalue weighted by Crippen LogP contribution is 2.23. The number of nitrogens with zero attached hydrogens (tertiary/aromatic N) is 2. The largest absolute Gasteiger partial charge is 0.397 e. The number of rotatable bonds is 3. The van der Waals surface area contributed by atoms with E-state index in [2.05, 4.69) is 0 Å². The summed E-state index contributed by atoms with van der Waals surface area (Å²) < 4.78 is 0. The molecule has 0 bridgehead atoms. The molecule has 98 valence electrons. The van der Waals surface area contributed by atoms with Crippen LogP contribution in [0.25, 0.3) is 0 Å². The Balaban J connectivity index is 2.02. The highest BCUT2D eigenvalue weighted by atomic mass is 16.2. The minimum absolute atomic E-state index is 0.190. The summed E-state index contributed by atoms with van der Waals surface area (Å²) >= 11 is 0. The number of likely N-dealkylation sites (tertiary alicyclic amines) is 1. The first-order valence-electron chi connectivity index (χ1n) is 6.43. The Hall–Kier alpha value is -1.71. The number of aryl methyl sites for hydroxylation is 1. The number of amides is 1. The molecule has 18 heavy (non-hydrogen) atoms. The highest BCUT2D eigenvalue weighted by Gasteiger charge is 2.19. The maximum atomic E-state index is 12.1. The van der Waals surface area contributed by atoms with Crippen molar-refractivity contribution < 1.29 is 4.79 Å². The zero-order valence-electron chi connectivity index (χ0n) is 11.1. The molecule has 0 unspecified atom stereocenters. The first-order valence-corrected chi connectivity index (χ1v) is 6.43. The second-order valence-corrected chi connectivity index (χ2v) is 5.01. The van der Waals surface area contributed by atoms with Crippen LogP contribution in [0.3, 0.4) is 0 Å². The number of nitrogen functional groups attached to an aromatic ring is 1. The monoisotopic (exact) mass is 247 g/mol. The molecule has 0 aliphatic carbocycles. The van der Waals surface area contributed by atoms with E-state index in [1.54, 1.807) is 0 Å². The summed E-state index contributed by atoms with van der Waals surface area (Å²) in [7, 11) is 1.91. The number of anilines is 2. The molecule has 0 radical (unpaired) electrons. The van der Waals surface area contributed by atoms with Crippen molar-refractivity contribution in [3.63, 3.8) is 0 Å². The lowest BCUT2D eigenvalue weighted by molar-refractivity contribution is -0.128. The standard InChI is InChI=1S/C14H21N3O/c1-11-5-6-13(12(15)9-11)16(2)10-14(18)17-7-3-4-8-17/h5-6,9H,3-4,7-8,10,15H2,1-2H3. The number of nitrogens with two attached hydrogens (primary N) is 1. The third kappa shape index (κ3) is 2.75. The van der Waals surface area contributed by atoms with Crippen molar-refractivity contribution in [2.75, 3.05) is 37.3 Å². The fourth-order valence-corrected chi connectivity index (χ4v) is 2.38. The Morgan fingerprint density at radius 1 is 1.39 bits per heavy atom. The van der Waals surface area contributed by atoms with Crippen molar-refractivity contribution in [3.8, 4) is 0 Å². The zero-order valence-corrected chi connectivity index (χ0v) is 11.1. The first kappa shape index (κ1) is 12.7. The van der Waals surface area contributed by atoms with Crippen LogP contribution in [0.5, 0.6) is 0 Å². The van der Waals surface area contributed by atoms with Crippen LogP contribution in [0.1, 0.15) is 18.4 Å². The lowest BCUT2D eigenvalue weighted by Crippen LogP contribution is -2.37. The van der Waals surface area contributed by atoms with Crippen LogP contribution < -0.4 is 10.6 Å². The molecule has 1 aromatic carbocycles. The minimum Gasteiger partial charge on any atom is -0.397 e.